The topological polar surface area (TPSA) is 104 Å². The van der Waals surface area contributed by atoms with Gasteiger partial charge in [-0.25, -0.2) is 0 Å². The van der Waals surface area contributed by atoms with E-state index in [9.17, 15) is 14.7 Å². The van der Waals surface area contributed by atoms with Gasteiger partial charge in [0.15, 0.2) is 11.5 Å². The lowest BCUT2D eigenvalue weighted by Crippen LogP contribution is -2.29. The summed E-state index contributed by atoms with van der Waals surface area (Å²) in [5.41, 5.74) is 1.15. The van der Waals surface area contributed by atoms with Gasteiger partial charge in [0.25, 0.3) is 11.7 Å². The van der Waals surface area contributed by atoms with Crippen LogP contribution >= 0.6 is 0 Å². The Hall–Kier alpha value is -4.66. The van der Waals surface area contributed by atoms with E-state index in [1.165, 1.54) is 19.1 Å². The van der Waals surface area contributed by atoms with Gasteiger partial charge in [0.05, 0.1) is 38.5 Å². The van der Waals surface area contributed by atoms with Gasteiger partial charge in [0, 0.05) is 11.8 Å². The van der Waals surface area contributed by atoms with Gasteiger partial charge in [-0.1, -0.05) is 12.1 Å². The zero-order valence-electron chi connectivity index (χ0n) is 20.5. The van der Waals surface area contributed by atoms with E-state index in [2.05, 4.69) is 0 Å². The van der Waals surface area contributed by atoms with Crippen LogP contribution < -0.4 is 28.6 Å². The summed E-state index contributed by atoms with van der Waals surface area (Å²) >= 11 is 0. The number of amides is 1. The number of fused-ring (bicyclic) bond motifs is 1. The number of rotatable bonds is 6. The molecule has 1 N–H and O–H groups in total. The number of anilines is 1. The molecule has 3 aromatic rings. The third kappa shape index (κ3) is 4.18. The van der Waals surface area contributed by atoms with E-state index in [-0.39, 0.29) is 16.9 Å². The van der Waals surface area contributed by atoms with Gasteiger partial charge in [0.2, 0.25) is 0 Å². The summed E-state index contributed by atoms with van der Waals surface area (Å²) in [5.74, 6) is 0.382. The minimum absolute atomic E-state index is 0.0865. The van der Waals surface area contributed by atoms with Crippen LogP contribution in [0.5, 0.6) is 28.7 Å². The number of carbonyl (C=O) groups excluding carboxylic acids is 2. The maximum Gasteiger partial charge on any atom is 0.300 e. The molecule has 3 aromatic carbocycles. The van der Waals surface area contributed by atoms with Gasteiger partial charge in [-0.3, -0.25) is 14.5 Å². The molecule has 0 saturated carbocycles. The SMILES string of the molecule is COc1ccc(C2/C(=C(\O)c3cc(OC)ccc3OC)C(=O)C(=O)N2c2ccc3c(c2)OCCO3)cc1. The lowest BCUT2D eigenvalue weighted by molar-refractivity contribution is -0.132. The molecule has 9 nitrogen and oxygen atoms in total. The summed E-state index contributed by atoms with van der Waals surface area (Å²) in [5, 5.41) is 11.5. The van der Waals surface area contributed by atoms with Crippen molar-refractivity contribution in [3.05, 3.63) is 77.4 Å². The van der Waals surface area contributed by atoms with Crippen LogP contribution in [0, 0.1) is 0 Å². The second-order valence-electron chi connectivity index (χ2n) is 8.34. The summed E-state index contributed by atoms with van der Waals surface area (Å²) in [6.07, 6.45) is 0. The molecular weight excluding hydrogens is 478 g/mol. The Morgan fingerprint density at radius 3 is 2.19 bits per heavy atom. The molecule has 1 atom stereocenters. The summed E-state index contributed by atoms with van der Waals surface area (Å²) in [7, 11) is 4.49. The van der Waals surface area contributed by atoms with Crippen molar-refractivity contribution in [2.45, 2.75) is 6.04 Å². The van der Waals surface area contributed by atoms with Crippen molar-refractivity contribution in [1.29, 1.82) is 0 Å². The molecule has 0 aliphatic carbocycles. The van der Waals surface area contributed by atoms with E-state index >= 15 is 0 Å². The fraction of sp³-hybridized carbons (Fsp3) is 0.214. The standard InChI is InChI=1S/C28H25NO8/c1-33-18-7-4-16(5-8-18)25-24(26(30)20-15-19(34-2)9-11-21(20)35-3)27(31)28(32)29(25)17-6-10-22-23(14-17)37-13-12-36-22/h4-11,14-15,25,30H,12-13H2,1-3H3/b26-24+. The first-order valence-corrected chi connectivity index (χ1v) is 11.5. The van der Waals surface area contributed by atoms with Gasteiger partial charge < -0.3 is 28.8 Å². The van der Waals surface area contributed by atoms with E-state index in [1.807, 2.05) is 0 Å². The van der Waals surface area contributed by atoms with Crippen molar-refractivity contribution in [2.24, 2.45) is 0 Å². The van der Waals surface area contributed by atoms with Crippen LogP contribution in [0.2, 0.25) is 0 Å². The Balaban J connectivity index is 1.72. The number of aliphatic hydroxyl groups excluding tert-OH is 1. The highest BCUT2D eigenvalue weighted by Gasteiger charge is 2.47. The molecule has 1 fully saturated rings. The lowest BCUT2D eigenvalue weighted by Gasteiger charge is -2.27. The minimum Gasteiger partial charge on any atom is -0.507 e. The van der Waals surface area contributed by atoms with E-state index in [4.69, 9.17) is 23.7 Å². The van der Waals surface area contributed by atoms with Crippen LogP contribution in [0.25, 0.3) is 5.76 Å². The van der Waals surface area contributed by atoms with Crippen molar-refractivity contribution >= 4 is 23.1 Å². The Bertz CT molecular complexity index is 1400. The average Bonchev–Trinajstić information content (AvgIpc) is 3.21. The molecule has 0 aromatic heterocycles. The first-order valence-electron chi connectivity index (χ1n) is 11.5. The van der Waals surface area contributed by atoms with Crippen LogP contribution in [0.4, 0.5) is 5.69 Å². The number of Topliss-reactive ketones (excluding diaryl/α,β-unsaturated/α-hetero) is 1. The number of benzene rings is 3. The molecular formula is C28H25NO8. The smallest absolute Gasteiger partial charge is 0.300 e. The fourth-order valence-corrected chi connectivity index (χ4v) is 4.53. The molecule has 0 spiro atoms. The van der Waals surface area contributed by atoms with Crippen molar-refractivity contribution < 1.29 is 38.4 Å². The van der Waals surface area contributed by atoms with E-state index in [0.29, 0.717) is 53.2 Å². The van der Waals surface area contributed by atoms with Crippen LogP contribution in [0.15, 0.2) is 66.2 Å². The summed E-state index contributed by atoms with van der Waals surface area (Å²) in [4.78, 5) is 28.3. The Kier molecular flexibility index (Phi) is 6.35. The second-order valence-corrected chi connectivity index (χ2v) is 8.34. The molecule has 0 radical (unpaired) electrons. The molecule has 1 amide bonds. The van der Waals surface area contributed by atoms with Crippen molar-refractivity contribution in [2.75, 3.05) is 39.4 Å². The monoisotopic (exact) mass is 503 g/mol. The first kappa shape index (κ1) is 24.1. The Labute approximate surface area is 213 Å². The first-order chi connectivity index (χ1) is 18.0. The molecule has 0 bridgehead atoms. The number of aliphatic hydroxyl groups is 1. The number of methoxy groups -OCH3 is 3. The minimum atomic E-state index is -0.940. The van der Waals surface area contributed by atoms with E-state index < -0.39 is 17.7 Å². The third-order valence-electron chi connectivity index (χ3n) is 6.34. The lowest BCUT2D eigenvalue weighted by atomic mass is 9.94. The molecule has 190 valence electrons. The maximum atomic E-state index is 13.5. The zero-order valence-corrected chi connectivity index (χ0v) is 20.5. The van der Waals surface area contributed by atoms with Crippen molar-refractivity contribution in [3.63, 3.8) is 0 Å². The van der Waals surface area contributed by atoms with Gasteiger partial charge in [0.1, 0.15) is 36.2 Å². The van der Waals surface area contributed by atoms with Crippen molar-refractivity contribution in [3.8, 4) is 28.7 Å². The molecule has 2 aliphatic rings. The molecule has 37 heavy (non-hydrogen) atoms. The quantitative estimate of drug-likeness (QED) is 0.305. The Morgan fingerprint density at radius 1 is 0.838 bits per heavy atom. The zero-order chi connectivity index (χ0) is 26.1. The molecule has 1 unspecified atom stereocenters. The number of ketones is 1. The number of hydrogen-bond acceptors (Lipinski definition) is 8. The molecule has 2 heterocycles. The molecule has 2 aliphatic heterocycles. The Morgan fingerprint density at radius 2 is 1.51 bits per heavy atom. The van der Waals surface area contributed by atoms with Crippen LogP contribution in [-0.2, 0) is 9.59 Å². The van der Waals surface area contributed by atoms with Crippen molar-refractivity contribution in [1.82, 2.24) is 0 Å². The molecule has 9 heteroatoms. The van der Waals surface area contributed by atoms with E-state index in [1.54, 1.807) is 67.8 Å². The second kappa shape index (κ2) is 9.77. The van der Waals surface area contributed by atoms with Crippen LogP contribution in [-0.4, -0.2) is 51.3 Å². The van der Waals surface area contributed by atoms with Crippen LogP contribution in [0.1, 0.15) is 17.2 Å². The highest BCUT2D eigenvalue weighted by atomic mass is 16.6. The molecule has 5 rings (SSSR count). The van der Waals surface area contributed by atoms with E-state index in [0.717, 1.165) is 0 Å². The van der Waals surface area contributed by atoms with Gasteiger partial charge in [-0.2, -0.15) is 0 Å². The predicted octanol–water partition coefficient (Wildman–Crippen LogP) is 4.11. The number of ether oxygens (including phenoxy) is 5. The normalized spacial score (nSPS) is 18.0. The van der Waals surface area contributed by atoms with Gasteiger partial charge in [-0.05, 0) is 48.0 Å². The van der Waals surface area contributed by atoms with Gasteiger partial charge in [-0.15, -0.1) is 0 Å². The maximum absolute atomic E-state index is 13.5. The molecule has 1 saturated heterocycles. The summed E-state index contributed by atoms with van der Waals surface area (Å²) in [6, 6.07) is 15.9. The number of nitrogens with zero attached hydrogens (tertiary/aromatic N) is 1. The highest BCUT2D eigenvalue weighted by Crippen LogP contribution is 2.45. The number of hydrogen-bond donors (Lipinski definition) is 1. The summed E-state index contributed by atoms with van der Waals surface area (Å²) in [6.45, 7) is 0.790. The van der Waals surface area contributed by atoms with Gasteiger partial charge >= 0.3 is 0 Å². The number of carbonyl (C=O) groups is 2. The average molecular weight is 504 g/mol. The summed E-state index contributed by atoms with van der Waals surface area (Å²) < 4.78 is 27.3. The largest absolute Gasteiger partial charge is 0.507 e. The fourth-order valence-electron chi connectivity index (χ4n) is 4.53. The van der Waals surface area contributed by atoms with Crippen LogP contribution in [0.3, 0.4) is 0 Å². The predicted molar refractivity (Wildman–Crippen MR) is 135 cm³/mol. The highest BCUT2D eigenvalue weighted by molar-refractivity contribution is 6.51. The third-order valence-corrected chi connectivity index (χ3v) is 6.34.